The van der Waals surface area contributed by atoms with Crippen LogP contribution in [-0.2, 0) is 24.5 Å². The summed E-state index contributed by atoms with van der Waals surface area (Å²) in [6.45, 7) is 3.68. The largest absolute Gasteiger partial charge is 0.461 e. The van der Waals surface area contributed by atoms with Gasteiger partial charge < -0.3 is 9.47 Å². The summed E-state index contributed by atoms with van der Waals surface area (Å²) in [5.41, 5.74) is 0.500. The lowest BCUT2D eigenvalue weighted by atomic mass is 9.84. The summed E-state index contributed by atoms with van der Waals surface area (Å²) in [4.78, 5) is 12.1. The van der Waals surface area contributed by atoms with Crippen molar-refractivity contribution in [2.75, 3.05) is 20.3 Å². The summed E-state index contributed by atoms with van der Waals surface area (Å²) in [6, 6.07) is 0. The van der Waals surface area contributed by atoms with Crippen LogP contribution in [0, 0.1) is 5.92 Å². The number of carbonyl (C=O) groups is 1. The Kier molecular flexibility index (Phi) is 5.80. The lowest BCUT2D eigenvalue weighted by Crippen LogP contribution is -2.38. The van der Waals surface area contributed by atoms with Crippen LogP contribution in [0.3, 0.4) is 0 Å². The van der Waals surface area contributed by atoms with E-state index in [-0.39, 0.29) is 30.9 Å². The molecule has 0 unspecified atom stereocenters. The topological polar surface area (TPSA) is 85.3 Å². The first-order valence-corrected chi connectivity index (χ1v) is 9.36. The van der Waals surface area contributed by atoms with Crippen LogP contribution in [0.25, 0.3) is 0 Å². The molecule has 0 aromatic carbocycles. The average molecular weight is 344 g/mol. The highest BCUT2D eigenvalue weighted by atomic mass is 32.2. The van der Waals surface area contributed by atoms with Gasteiger partial charge in [0.15, 0.2) is 0 Å². The maximum absolute atomic E-state index is 12.4. The van der Waals surface area contributed by atoms with E-state index < -0.39 is 16.2 Å². The quantitative estimate of drug-likeness (QED) is 0.708. The predicted octanol–water partition coefficient (Wildman–Crippen LogP) is 1.66. The van der Waals surface area contributed by atoms with Gasteiger partial charge in [-0.1, -0.05) is 0 Å². The van der Waals surface area contributed by atoms with Gasteiger partial charge >= 0.3 is 16.2 Å². The molecule has 0 aromatic heterocycles. The van der Waals surface area contributed by atoms with E-state index in [1.54, 1.807) is 27.0 Å². The number of allylic oxidation sites excluding steroid dienone is 1. The Bertz CT molecular complexity index is 603. The van der Waals surface area contributed by atoms with E-state index in [2.05, 4.69) is 4.40 Å². The lowest BCUT2D eigenvalue weighted by molar-refractivity contribution is -0.139. The van der Waals surface area contributed by atoms with Crippen LogP contribution < -0.4 is 0 Å². The third-order valence-corrected chi connectivity index (χ3v) is 5.70. The fraction of sp³-hybridized carbons (Fsp3) is 0.733. The number of esters is 1. The van der Waals surface area contributed by atoms with Crippen molar-refractivity contribution in [3.8, 4) is 0 Å². The molecule has 7 nitrogen and oxygen atoms in total. The molecule has 2 rings (SSSR count). The maximum Gasteiger partial charge on any atom is 0.355 e. The second-order valence-corrected chi connectivity index (χ2v) is 7.14. The van der Waals surface area contributed by atoms with Crippen LogP contribution in [0.15, 0.2) is 16.2 Å². The van der Waals surface area contributed by atoms with Crippen molar-refractivity contribution in [1.82, 2.24) is 4.31 Å². The molecule has 0 bridgehead atoms. The third-order valence-electron chi connectivity index (χ3n) is 4.25. The van der Waals surface area contributed by atoms with Crippen molar-refractivity contribution in [3.63, 3.8) is 0 Å². The van der Waals surface area contributed by atoms with Gasteiger partial charge in [0.1, 0.15) is 5.70 Å². The molecule has 1 saturated carbocycles. The number of methoxy groups -OCH3 is 1. The van der Waals surface area contributed by atoms with Gasteiger partial charge in [-0.3, -0.25) is 0 Å². The molecule has 0 saturated heterocycles. The Morgan fingerprint density at radius 2 is 1.96 bits per heavy atom. The fourth-order valence-corrected chi connectivity index (χ4v) is 4.30. The van der Waals surface area contributed by atoms with Crippen LogP contribution in [0.5, 0.6) is 0 Å². The zero-order chi connectivity index (χ0) is 17.0. The number of likely N-dealkylation sites (N-methyl/N-ethyl adjacent to an activating group) is 1. The summed E-state index contributed by atoms with van der Waals surface area (Å²) in [6.07, 6.45) is 5.10. The number of rotatable bonds is 5. The van der Waals surface area contributed by atoms with Gasteiger partial charge in [-0.05, 0) is 45.6 Å². The SMILES string of the molecule is CCOC(=O)C1=CC(C2CCC(OC)CC2)=NS(=O)(=O)N1CC. The molecule has 0 N–H and O–H groups in total. The Morgan fingerprint density at radius 1 is 1.30 bits per heavy atom. The molecule has 1 aliphatic carbocycles. The molecule has 0 amide bonds. The van der Waals surface area contributed by atoms with Crippen molar-refractivity contribution in [2.45, 2.75) is 45.6 Å². The number of nitrogens with zero attached hydrogens (tertiary/aromatic N) is 2. The van der Waals surface area contributed by atoms with Crippen LogP contribution in [0.2, 0.25) is 0 Å². The van der Waals surface area contributed by atoms with Crippen molar-refractivity contribution < 1.29 is 22.7 Å². The molecule has 8 heteroatoms. The number of hydrogen-bond donors (Lipinski definition) is 0. The van der Waals surface area contributed by atoms with E-state index in [9.17, 15) is 13.2 Å². The van der Waals surface area contributed by atoms with E-state index in [0.717, 1.165) is 30.0 Å². The van der Waals surface area contributed by atoms with Crippen LogP contribution in [0.1, 0.15) is 39.5 Å². The van der Waals surface area contributed by atoms with E-state index in [0.29, 0.717) is 5.71 Å². The predicted molar refractivity (Wildman–Crippen MR) is 86.2 cm³/mol. The summed E-state index contributed by atoms with van der Waals surface area (Å²) in [5.74, 6) is -0.601. The van der Waals surface area contributed by atoms with Crippen molar-refractivity contribution in [1.29, 1.82) is 0 Å². The molecule has 1 heterocycles. The molecule has 2 aliphatic rings. The molecule has 1 fully saturated rings. The minimum Gasteiger partial charge on any atom is -0.461 e. The molecular weight excluding hydrogens is 320 g/mol. The summed E-state index contributed by atoms with van der Waals surface area (Å²) in [7, 11) is -2.20. The van der Waals surface area contributed by atoms with Gasteiger partial charge in [0, 0.05) is 19.6 Å². The smallest absolute Gasteiger partial charge is 0.355 e. The molecule has 0 atom stereocenters. The average Bonchev–Trinajstić information content (AvgIpc) is 2.53. The monoisotopic (exact) mass is 344 g/mol. The highest BCUT2D eigenvalue weighted by Crippen LogP contribution is 2.31. The lowest BCUT2D eigenvalue weighted by Gasteiger charge is -2.31. The maximum atomic E-state index is 12.4. The van der Waals surface area contributed by atoms with Gasteiger partial charge in [0.25, 0.3) is 0 Å². The highest BCUT2D eigenvalue weighted by Gasteiger charge is 2.35. The zero-order valence-corrected chi connectivity index (χ0v) is 14.6. The van der Waals surface area contributed by atoms with Gasteiger partial charge in [0.05, 0.1) is 18.4 Å². The Balaban J connectivity index is 2.29. The highest BCUT2D eigenvalue weighted by molar-refractivity contribution is 7.88. The van der Waals surface area contributed by atoms with E-state index in [1.807, 2.05) is 0 Å². The fourth-order valence-electron chi connectivity index (χ4n) is 3.03. The Morgan fingerprint density at radius 3 is 2.48 bits per heavy atom. The Labute approximate surface area is 137 Å². The van der Waals surface area contributed by atoms with Crippen LogP contribution in [-0.4, -0.2) is 50.8 Å². The zero-order valence-electron chi connectivity index (χ0n) is 13.8. The number of carbonyl (C=O) groups excluding carboxylic acids is 1. The standard InChI is InChI=1S/C15H24N2O5S/c1-4-17-14(15(18)22-5-2)10-13(16-23(17,19)20)11-6-8-12(21-3)9-7-11/h10-12H,4-9H2,1-3H3. The minimum atomic E-state index is -3.88. The van der Waals surface area contributed by atoms with Crippen LogP contribution >= 0.6 is 0 Å². The Hall–Kier alpha value is -1.41. The number of hydrogen-bond acceptors (Lipinski definition) is 5. The van der Waals surface area contributed by atoms with Crippen LogP contribution in [0.4, 0.5) is 0 Å². The van der Waals surface area contributed by atoms with Crippen molar-refractivity contribution >= 4 is 21.9 Å². The van der Waals surface area contributed by atoms with E-state index >= 15 is 0 Å². The first-order valence-electron chi connectivity index (χ1n) is 7.97. The molecule has 130 valence electrons. The summed E-state index contributed by atoms with van der Waals surface area (Å²) in [5, 5.41) is 0. The van der Waals surface area contributed by atoms with Gasteiger partial charge in [-0.2, -0.15) is 8.42 Å². The molecule has 1 aliphatic heterocycles. The van der Waals surface area contributed by atoms with Gasteiger partial charge in [-0.15, -0.1) is 4.40 Å². The first kappa shape index (κ1) is 17.9. The second-order valence-electron chi connectivity index (χ2n) is 5.62. The number of ether oxygens (including phenoxy) is 2. The normalized spacial score (nSPS) is 27.2. The minimum absolute atomic E-state index is 0.0274. The molecule has 23 heavy (non-hydrogen) atoms. The summed E-state index contributed by atoms with van der Waals surface area (Å²) < 4.78 is 40.0. The van der Waals surface area contributed by atoms with Crippen molar-refractivity contribution in [2.24, 2.45) is 10.3 Å². The first-order chi connectivity index (χ1) is 10.9. The molecule has 0 radical (unpaired) electrons. The molecule has 0 aromatic rings. The molecule has 0 spiro atoms. The van der Waals surface area contributed by atoms with Gasteiger partial charge in [0.2, 0.25) is 0 Å². The van der Waals surface area contributed by atoms with E-state index in [4.69, 9.17) is 9.47 Å². The third kappa shape index (κ3) is 3.92. The van der Waals surface area contributed by atoms with Gasteiger partial charge in [-0.25, -0.2) is 9.10 Å². The van der Waals surface area contributed by atoms with Crippen molar-refractivity contribution in [3.05, 3.63) is 11.8 Å². The molecular formula is C15H24N2O5S. The second kappa shape index (κ2) is 7.44. The van der Waals surface area contributed by atoms with E-state index in [1.165, 1.54) is 0 Å². The summed E-state index contributed by atoms with van der Waals surface area (Å²) >= 11 is 0.